The number of benzene rings is 2. The summed E-state index contributed by atoms with van der Waals surface area (Å²) in [6, 6.07) is 13.1. The normalized spacial score (nSPS) is 10.4. The van der Waals surface area contributed by atoms with Gasteiger partial charge in [-0.25, -0.2) is 4.98 Å². The molecule has 134 valence electrons. The molecule has 26 heavy (non-hydrogen) atoms. The van der Waals surface area contributed by atoms with Crippen LogP contribution in [-0.2, 0) is 11.2 Å². The van der Waals surface area contributed by atoms with Crippen LogP contribution in [0.25, 0.3) is 10.6 Å². The Bertz CT molecular complexity index is 909. The van der Waals surface area contributed by atoms with E-state index in [0.717, 1.165) is 26.4 Å². The maximum Gasteiger partial charge on any atom is 0.230 e. The van der Waals surface area contributed by atoms with Gasteiger partial charge in [0.05, 0.1) is 26.3 Å². The minimum atomic E-state index is -0.100. The summed E-state index contributed by atoms with van der Waals surface area (Å²) >= 11 is 4.86. The molecule has 1 heterocycles. The highest BCUT2D eigenvalue weighted by Crippen LogP contribution is 2.33. The van der Waals surface area contributed by atoms with Crippen molar-refractivity contribution >= 4 is 38.9 Å². The van der Waals surface area contributed by atoms with E-state index in [-0.39, 0.29) is 12.3 Å². The van der Waals surface area contributed by atoms with Crippen LogP contribution in [0.4, 0.5) is 5.69 Å². The number of nitrogens with one attached hydrogen (secondary N) is 1. The van der Waals surface area contributed by atoms with Gasteiger partial charge >= 0.3 is 0 Å². The quantitative estimate of drug-likeness (QED) is 0.609. The standard InChI is InChI=1S/C19H17BrN2O3S/c1-24-16-8-3-12(9-17(16)25-2)19-22-15(11-26-19)10-18(23)21-14-6-4-13(20)5-7-14/h3-9,11H,10H2,1-2H3,(H,21,23). The fraction of sp³-hybridized carbons (Fsp3) is 0.158. The SMILES string of the molecule is COc1ccc(-c2nc(CC(=O)Nc3ccc(Br)cc3)cs2)cc1OC. The third kappa shape index (κ3) is 4.42. The zero-order chi connectivity index (χ0) is 18.5. The van der Waals surface area contributed by atoms with Crippen LogP contribution in [0.5, 0.6) is 11.5 Å². The van der Waals surface area contributed by atoms with E-state index in [0.29, 0.717) is 11.5 Å². The topological polar surface area (TPSA) is 60.5 Å². The van der Waals surface area contributed by atoms with Crippen LogP contribution in [0.3, 0.4) is 0 Å². The molecular formula is C19H17BrN2O3S. The smallest absolute Gasteiger partial charge is 0.230 e. The van der Waals surface area contributed by atoms with Gasteiger partial charge in [-0.2, -0.15) is 0 Å². The van der Waals surface area contributed by atoms with Crippen molar-refractivity contribution < 1.29 is 14.3 Å². The van der Waals surface area contributed by atoms with Crippen molar-refractivity contribution in [2.75, 3.05) is 19.5 Å². The van der Waals surface area contributed by atoms with Gasteiger partial charge in [-0.15, -0.1) is 11.3 Å². The Kier molecular flexibility index (Phi) is 5.90. The second-order valence-corrected chi connectivity index (χ2v) is 7.22. The molecule has 1 amide bonds. The average Bonchev–Trinajstić information content (AvgIpc) is 3.11. The lowest BCUT2D eigenvalue weighted by Crippen LogP contribution is -2.14. The minimum Gasteiger partial charge on any atom is -0.493 e. The lowest BCUT2D eigenvalue weighted by molar-refractivity contribution is -0.115. The van der Waals surface area contributed by atoms with E-state index in [4.69, 9.17) is 9.47 Å². The molecule has 0 aliphatic carbocycles. The molecule has 3 aromatic rings. The monoisotopic (exact) mass is 432 g/mol. The lowest BCUT2D eigenvalue weighted by atomic mass is 10.2. The fourth-order valence-electron chi connectivity index (χ4n) is 2.39. The molecule has 1 N–H and O–H groups in total. The summed E-state index contributed by atoms with van der Waals surface area (Å²) in [5.41, 5.74) is 2.41. The number of methoxy groups -OCH3 is 2. The summed E-state index contributed by atoms with van der Waals surface area (Å²) in [5, 5.41) is 5.60. The number of nitrogens with zero attached hydrogens (tertiary/aromatic N) is 1. The Morgan fingerprint density at radius 2 is 1.85 bits per heavy atom. The highest BCUT2D eigenvalue weighted by atomic mass is 79.9. The number of hydrogen-bond acceptors (Lipinski definition) is 5. The number of halogens is 1. The van der Waals surface area contributed by atoms with Gasteiger partial charge < -0.3 is 14.8 Å². The first-order chi connectivity index (χ1) is 12.6. The zero-order valence-electron chi connectivity index (χ0n) is 14.3. The number of thiazole rings is 1. The summed E-state index contributed by atoms with van der Waals surface area (Å²) in [6.45, 7) is 0. The number of amides is 1. The van der Waals surface area contributed by atoms with Crippen molar-refractivity contribution in [2.24, 2.45) is 0 Å². The Morgan fingerprint density at radius 3 is 2.54 bits per heavy atom. The molecule has 1 aromatic heterocycles. The van der Waals surface area contributed by atoms with Gasteiger partial charge in [0.2, 0.25) is 5.91 Å². The molecule has 0 bridgehead atoms. The number of ether oxygens (including phenoxy) is 2. The maximum absolute atomic E-state index is 12.2. The minimum absolute atomic E-state index is 0.100. The molecule has 0 saturated carbocycles. The largest absolute Gasteiger partial charge is 0.493 e. The molecule has 7 heteroatoms. The molecule has 0 saturated heterocycles. The summed E-state index contributed by atoms with van der Waals surface area (Å²) in [6.07, 6.45) is 0.222. The highest BCUT2D eigenvalue weighted by Gasteiger charge is 2.12. The Balaban J connectivity index is 1.69. The van der Waals surface area contributed by atoms with Crippen LogP contribution >= 0.6 is 27.3 Å². The Morgan fingerprint density at radius 1 is 1.12 bits per heavy atom. The summed E-state index contributed by atoms with van der Waals surface area (Å²) in [4.78, 5) is 16.8. The summed E-state index contributed by atoms with van der Waals surface area (Å²) in [7, 11) is 3.20. The van der Waals surface area contributed by atoms with E-state index >= 15 is 0 Å². The molecular weight excluding hydrogens is 416 g/mol. The van der Waals surface area contributed by atoms with Crippen LogP contribution in [-0.4, -0.2) is 25.1 Å². The fourth-order valence-corrected chi connectivity index (χ4v) is 3.47. The molecule has 0 spiro atoms. The molecule has 5 nitrogen and oxygen atoms in total. The molecule has 3 rings (SSSR count). The predicted molar refractivity (Wildman–Crippen MR) is 107 cm³/mol. The van der Waals surface area contributed by atoms with Crippen molar-refractivity contribution in [2.45, 2.75) is 6.42 Å². The number of anilines is 1. The first kappa shape index (κ1) is 18.4. The van der Waals surface area contributed by atoms with E-state index in [9.17, 15) is 4.79 Å². The van der Waals surface area contributed by atoms with Crippen molar-refractivity contribution in [1.82, 2.24) is 4.98 Å². The zero-order valence-corrected chi connectivity index (χ0v) is 16.7. The van der Waals surface area contributed by atoms with Gasteiger partial charge in [-0.3, -0.25) is 4.79 Å². The van der Waals surface area contributed by atoms with Crippen LogP contribution in [0, 0.1) is 0 Å². The predicted octanol–water partition coefficient (Wildman–Crippen LogP) is 4.77. The third-order valence-electron chi connectivity index (χ3n) is 3.65. The number of rotatable bonds is 6. The maximum atomic E-state index is 12.2. The lowest BCUT2D eigenvalue weighted by Gasteiger charge is -2.08. The number of hydrogen-bond donors (Lipinski definition) is 1. The molecule has 0 atom stereocenters. The van der Waals surface area contributed by atoms with Crippen LogP contribution in [0.15, 0.2) is 52.3 Å². The van der Waals surface area contributed by atoms with Crippen molar-refractivity contribution in [3.8, 4) is 22.1 Å². The number of aromatic nitrogens is 1. The first-order valence-electron chi connectivity index (χ1n) is 7.81. The van der Waals surface area contributed by atoms with E-state index < -0.39 is 0 Å². The van der Waals surface area contributed by atoms with Gasteiger partial charge in [0.25, 0.3) is 0 Å². The molecule has 0 unspecified atom stereocenters. The Hall–Kier alpha value is -2.38. The van der Waals surface area contributed by atoms with Gasteiger partial charge in [-0.05, 0) is 42.5 Å². The highest BCUT2D eigenvalue weighted by molar-refractivity contribution is 9.10. The molecule has 0 aliphatic heterocycles. The summed E-state index contributed by atoms with van der Waals surface area (Å²) in [5.74, 6) is 1.22. The van der Waals surface area contributed by atoms with Crippen molar-refractivity contribution in [3.05, 3.63) is 58.0 Å². The van der Waals surface area contributed by atoms with Crippen molar-refractivity contribution in [3.63, 3.8) is 0 Å². The van der Waals surface area contributed by atoms with Gasteiger partial charge in [0.1, 0.15) is 5.01 Å². The van der Waals surface area contributed by atoms with Crippen LogP contribution in [0.2, 0.25) is 0 Å². The average molecular weight is 433 g/mol. The van der Waals surface area contributed by atoms with Gasteiger partial charge in [0, 0.05) is 21.1 Å². The second kappa shape index (κ2) is 8.33. The van der Waals surface area contributed by atoms with Gasteiger partial charge in [0.15, 0.2) is 11.5 Å². The molecule has 0 radical (unpaired) electrons. The van der Waals surface area contributed by atoms with E-state index in [1.807, 2.05) is 47.8 Å². The van der Waals surface area contributed by atoms with Crippen LogP contribution < -0.4 is 14.8 Å². The van der Waals surface area contributed by atoms with Crippen LogP contribution in [0.1, 0.15) is 5.69 Å². The van der Waals surface area contributed by atoms with Gasteiger partial charge in [-0.1, -0.05) is 15.9 Å². The molecule has 2 aromatic carbocycles. The second-order valence-electron chi connectivity index (χ2n) is 5.45. The first-order valence-corrected chi connectivity index (χ1v) is 9.48. The third-order valence-corrected chi connectivity index (χ3v) is 5.12. The molecule has 0 fully saturated rings. The van der Waals surface area contributed by atoms with E-state index in [1.54, 1.807) is 14.2 Å². The number of carbonyl (C=O) groups is 1. The summed E-state index contributed by atoms with van der Waals surface area (Å²) < 4.78 is 11.5. The van der Waals surface area contributed by atoms with E-state index in [2.05, 4.69) is 26.2 Å². The van der Waals surface area contributed by atoms with E-state index in [1.165, 1.54) is 11.3 Å². The Labute approximate surface area is 164 Å². The van der Waals surface area contributed by atoms with Crippen molar-refractivity contribution in [1.29, 1.82) is 0 Å². The number of carbonyl (C=O) groups excluding carboxylic acids is 1. The molecule has 0 aliphatic rings.